The maximum Gasteiger partial charge on any atom is 0.317 e. The molecule has 0 spiro atoms. The van der Waals surface area contributed by atoms with Gasteiger partial charge in [-0.2, -0.15) is 0 Å². The minimum atomic E-state index is -0.352. The van der Waals surface area contributed by atoms with Crippen LogP contribution in [0.4, 0.5) is 10.5 Å². The highest BCUT2D eigenvalue weighted by atomic mass is 16.2. The number of carbonyl (C=O) groups excluding carboxylic acids is 1. The number of para-hydroxylation sites is 1. The van der Waals surface area contributed by atoms with E-state index in [1.165, 1.54) is 0 Å². The lowest BCUT2D eigenvalue weighted by Gasteiger charge is -2.39. The largest absolute Gasteiger partial charge is 0.398 e. The molecule has 1 heterocycles. The number of nitrogen functional groups attached to an aromatic ring is 1. The van der Waals surface area contributed by atoms with Gasteiger partial charge in [0.1, 0.15) is 0 Å². The Morgan fingerprint density at radius 2 is 2.12 bits per heavy atom. The van der Waals surface area contributed by atoms with Crippen LogP contribution in [-0.4, -0.2) is 24.5 Å². The zero-order valence-corrected chi connectivity index (χ0v) is 9.66. The molecule has 86 valence electrons. The average molecular weight is 219 g/mol. The number of rotatable bonds is 1. The van der Waals surface area contributed by atoms with Crippen molar-refractivity contribution in [2.45, 2.75) is 18.9 Å². The standard InChI is InChI=1S/C12H17N3O/c1-12(7-8-15(2)11(16)14-12)9-5-3-4-6-10(9)13/h3-6H,7-8,13H2,1-2H3,(H,14,16). The van der Waals surface area contributed by atoms with E-state index in [1.54, 1.807) is 11.9 Å². The van der Waals surface area contributed by atoms with Crippen LogP contribution in [0.25, 0.3) is 0 Å². The zero-order chi connectivity index (χ0) is 11.8. The van der Waals surface area contributed by atoms with Crippen molar-refractivity contribution in [2.75, 3.05) is 19.3 Å². The predicted molar refractivity (Wildman–Crippen MR) is 64.0 cm³/mol. The van der Waals surface area contributed by atoms with Crippen LogP contribution in [0.2, 0.25) is 0 Å². The monoisotopic (exact) mass is 219 g/mol. The lowest BCUT2D eigenvalue weighted by atomic mass is 9.86. The summed E-state index contributed by atoms with van der Waals surface area (Å²) in [6.45, 7) is 2.76. The summed E-state index contributed by atoms with van der Waals surface area (Å²) in [7, 11) is 1.79. The molecule has 1 aromatic rings. The number of urea groups is 1. The van der Waals surface area contributed by atoms with E-state index >= 15 is 0 Å². The van der Waals surface area contributed by atoms with Crippen molar-refractivity contribution >= 4 is 11.7 Å². The first-order chi connectivity index (χ1) is 7.53. The summed E-state index contributed by atoms with van der Waals surface area (Å²) in [5.41, 5.74) is 7.33. The Labute approximate surface area is 95.4 Å². The molecule has 1 saturated heterocycles. The lowest BCUT2D eigenvalue weighted by Crippen LogP contribution is -2.55. The number of benzene rings is 1. The first kappa shape index (κ1) is 10.8. The summed E-state index contributed by atoms with van der Waals surface area (Å²) < 4.78 is 0. The number of nitrogens with two attached hydrogens (primary N) is 1. The molecule has 0 radical (unpaired) electrons. The number of anilines is 1. The van der Waals surface area contributed by atoms with Crippen molar-refractivity contribution < 1.29 is 4.79 Å². The van der Waals surface area contributed by atoms with Crippen LogP contribution in [0.5, 0.6) is 0 Å². The van der Waals surface area contributed by atoms with E-state index < -0.39 is 0 Å². The minimum absolute atomic E-state index is 0.0444. The highest BCUT2D eigenvalue weighted by Crippen LogP contribution is 2.31. The van der Waals surface area contributed by atoms with Crippen LogP contribution in [0, 0.1) is 0 Å². The average Bonchev–Trinajstić information content (AvgIpc) is 2.25. The molecule has 2 rings (SSSR count). The van der Waals surface area contributed by atoms with Gasteiger partial charge in [0.2, 0.25) is 0 Å². The van der Waals surface area contributed by atoms with E-state index in [-0.39, 0.29) is 11.6 Å². The van der Waals surface area contributed by atoms with Gasteiger partial charge in [0, 0.05) is 24.8 Å². The molecule has 2 amide bonds. The van der Waals surface area contributed by atoms with E-state index in [2.05, 4.69) is 5.32 Å². The molecule has 1 atom stereocenters. The third kappa shape index (κ3) is 1.71. The van der Waals surface area contributed by atoms with Crippen molar-refractivity contribution in [3.05, 3.63) is 29.8 Å². The summed E-state index contributed by atoms with van der Waals surface area (Å²) >= 11 is 0. The number of nitrogens with zero attached hydrogens (tertiary/aromatic N) is 1. The summed E-state index contributed by atoms with van der Waals surface area (Å²) in [4.78, 5) is 13.3. The summed E-state index contributed by atoms with van der Waals surface area (Å²) in [6, 6.07) is 7.64. The van der Waals surface area contributed by atoms with Gasteiger partial charge in [-0.15, -0.1) is 0 Å². The van der Waals surface area contributed by atoms with Gasteiger partial charge in [-0.25, -0.2) is 4.79 Å². The zero-order valence-electron chi connectivity index (χ0n) is 9.66. The molecule has 4 heteroatoms. The Balaban J connectivity index is 2.33. The van der Waals surface area contributed by atoms with Crippen molar-refractivity contribution in [1.29, 1.82) is 0 Å². The number of hydrogen-bond acceptors (Lipinski definition) is 2. The second-order valence-corrected chi connectivity index (χ2v) is 4.52. The maximum atomic E-state index is 11.7. The molecule has 1 aromatic carbocycles. The van der Waals surface area contributed by atoms with Crippen molar-refractivity contribution in [1.82, 2.24) is 10.2 Å². The van der Waals surface area contributed by atoms with Gasteiger partial charge in [0.25, 0.3) is 0 Å². The van der Waals surface area contributed by atoms with E-state index in [0.717, 1.165) is 24.2 Å². The van der Waals surface area contributed by atoms with Gasteiger partial charge in [-0.05, 0) is 19.4 Å². The van der Waals surface area contributed by atoms with Gasteiger partial charge in [-0.1, -0.05) is 18.2 Å². The van der Waals surface area contributed by atoms with Crippen molar-refractivity contribution in [3.63, 3.8) is 0 Å². The summed E-state index contributed by atoms with van der Waals surface area (Å²) in [6.07, 6.45) is 0.865. The molecule has 0 saturated carbocycles. The second kappa shape index (κ2) is 3.70. The van der Waals surface area contributed by atoms with E-state index in [9.17, 15) is 4.79 Å². The highest BCUT2D eigenvalue weighted by Gasteiger charge is 2.35. The molecule has 1 unspecified atom stereocenters. The summed E-state index contributed by atoms with van der Waals surface area (Å²) in [5, 5.41) is 3.01. The molecule has 1 aliphatic rings. The van der Waals surface area contributed by atoms with Crippen molar-refractivity contribution in [3.8, 4) is 0 Å². The molecule has 3 N–H and O–H groups in total. The Bertz CT molecular complexity index is 418. The van der Waals surface area contributed by atoms with Gasteiger partial charge in [0.15, 0.2) is 0 Å². The van der Waals surface area contributed by atoms with Gasteiger partial charge >= 0.3 is 6.03 Å². The summed E-state index contributed by atoms with van der Waals surface area (Å²) in [5.74, 6) is 0. The Morgan fingerprint density at radius 1 is 1.44 bits per heavy atom. The first-order valence-electron chi connectivity index (χ1n) is 5.41. The number of nitrogens with one attached hydrogen (secondary N) is 1. The maximum absolute atomic E-state index is 11.7. The molecule has 1 aliphatic heterocycles. The third-order valence-electron chi connectivity index (χ3n) is 3.23. The fourth-order valence-electron chi connectivity index (χ4n) is 2.09. The fourth-order valence-corrected chi connectivity index (χ4v) is 2.09. The van der Waals surface area contributed by atoms with Crippen LogP contribution in [0.15, 0.2) is 24.3 Å². The van der Waals surface area contributed by atoms with E-state index in [0.29, 0.717) is 0 Å². The van der Waals surface area contributed by atoms with Crippen LogP contribution < -0.4 is 11.1 Å². The number of amides is 2. The predicted octanol–water partition coefficient (Wildman–Crippen LogP) is 1.53. The fraction of sp³-hybridized carbons (Fsp3) is 0.417. The van der Waals surface area contributed by atoms with Crippen LogP contribution in [0.1, 0.15) is 18.9 Å². The lowest BCUT2D eigenvalue weighted by molar-refractivity contribution is 0.164. The molecule has 16 heavy (non-hydrogen) atoms. The molecule has 4 nitrogen and oxygen atoms in total. The highest BCUT2D eigenvalue weighted by molar-refractivity contribution is 5.76. The van der Waals surface area contributed by atoms with Crippen molar-refractivity contribution in [2.24, 2.45) is 0 Å². The van der Waals surface area contributed by atoms with E-state index in [4.69, 9.17) is 5.73 Å². The van der Waals surface area contributed by atoms with E-state index in [1.807, 2.05) is 31.2 Å². The molecule has 0 aromatic heterocycles. The topological polar surface area (TPSA) is 58.4 Å². The smallest absolute Gasteiger partial charge is 0.317 e. The molecular formula is C12H17N3O. The first-order valence-corrected chi connectivity index (χ1v) is 5.41. The third-order valence-corrected chi connectivity index (χ3v) is 3.23. The molecule has 1 fully saturated rings. The quantitative estimate of drug-likeness (QED) is 0.704. The SMILES string of the molecule is CN1CCC(C)(c2ccccc2N)NC1=O. The van der Waals surface area contributed by atoms with Gasteiger partial charge in [0.05, 0.1) is 5.54 Å². The number of carbonyl (C=O) groups is 1. The van der Waals surface area contributed by atoms with Gasteiger partial charge < -0.3 is 16.0 Å². The number of hydrogen-bond donors (Lipinski definition) is 2. The van der Waals surface area contributed by atoms with Gasteiger partial charge in [-0.3, -0.25) is 0 Å². The van der Waals surface area contributed by atoms with Crippen LogP contribution in [0.3, 0.4) is 0 Å². The van der Waals surface area contributed by atoms with Crippen LogP contribution >= 0.6 is 0 Å². The molecule has 0 bridgehead atoms. The molecule has 0 aliphatic carbocycles. The minimum Gasteiger partial charge on any atom is -0.398 e. The second-order valence-electron chi connectivity index (χ2n) is 4.52. The Hall–Kier alpha value is -1.71. The van der Waals surface area contributed by atoms with Crippen LogP contribution in [-0.2, 0) is 5.54 Å². The normalized spacial score (nSPS) is 25.4. The Kier molecular flexibility index (Phi) is 2.50. The Morgan fingerprint density at radius 3 is 2.75 bits per heavy atom. The molecular weight excluding hydrogens is 202 g/mol.